The van der Waals surface area contributed by atoms with Gasteiger partial charge < -0.3 is 14.8 Å². The van der Waals surface area contributed by atoms with Gasteiger partial charge in [0.1, 0.15) is 5.41 Å². The summed E-state index contributed by atoms with van der Waals surface area (Å²) in [5.41, 5.74) is -0.497. The first-order valence-electron chi connectivity index (χ1n) is 3.51. The molecule has 0 aromatic carbocycles. The third-order valence-corrected chi connectivity index (χ3v) is 2.01. The minimum Gasteiger partial charge on any atom is -0.358 e. The van der Waals surface area contributed by atoms with Crippen LogP contribution in [0.4, 0.5) is 0 Å². The summed E-state index contributed by atoms with van der Waals surface area (Å²) in [6.45, 7) is 2.26. The smallest absolute Gasteiger partial charge is 0.233 e. The van der Waals surface area contributed by atoms with E-state index in [0.717, 1.165) is 0 Å². The molecule has 2 unspecified atom stereocenters. The van der Waals surface area contributed by atoms with Crippen molar-refractivity contribution < 1.29 is 14.3 Å². The van der Waals surface area contributed by atoms with Gasteiger partial charge in [0, 0.05) is 14.2 Å². The fraction of sp³-hybridized carbons (Fsp3) is 0.857. The average Bonchev–Trinajstić information content (AvgIpc) is 2.00. The largest absolute Gasteiger partial charge is 0.358 e. The molecule has 4 nitrogen and oxygen atoms in total. The Hall–Kier alpha value is -0.610. The van der Waals surface area contributed by atoms with Gasteiger partial charge in [-0.2, -0.15) is 0 Å². The van der Waals surface area contributed by atoms with Gasteiger partial charge >= 0.3 is 0 Å². The number of carbonyl (C=O) groups excluding carboxylic acids is 1. The molecule has 1 heterocycles. The third-order valence-electron chi connectivity index (χ3n) is 2.01. The first-order chi connectivity index (χ1) is 5.15. The number of hydrogen-bond donors (Lipinski definition) is 1. The zero-order valence-electron chi connectivity index (χ0n) is 7.01. The van der Waals surface area contributed by atoms with Crippen molar-refractivity contribution in [3.8, 4) is 0 Å². The summed E-state index contributed by atoms with van der Waals surface area (Å²) in [5, 5.41) is 2.57. The monoisotopic (exact) mass is 159 g/mol. The fourth-order valence-electron chi connectivity index (χ4n) is 1.19. The molecular formula is C7H13NO3. The lowest BCUT2D eigenvalue weighted by Gasteiger charge is -2.43. The molecule has 1 rings (SSSR count). The maximum absolute atomic E-state index is 11.2. The highest BCUT2D eigenvalue weighted by Gasteiger charge is 2.50. The minimum absolute atomic E-state index is 0.0319. The quantitative estimate of drug-likeness (QED) is 0.604. The normalized spacial score (nSPS) is 36.1. The summed E-state index contributed by atoms with van der Waals surface area (Å²) in [6.07, 6.45) is -0.387. The summed E-state index contributed by atoms with van der Waals surface area (Å²) >= 11 is 0. The zero-order chi connectivity index (χ0) is 8.48. The molecule has 11 heavy (non-hydrogen) atoms. The van der Waals surface area contributed by atoms with Crippen molar-refractivity contribution >= 4 is 5.91 Å². The van der Waals surface area contributed by atoms with E-state index in [2.05, 4.69) is 5.32 Å². The first kappa shape index (κ1) is 8.49. The van der Waals surface area contributed by atoms with Gasteiger partial charge in [-0.25, -0.2) is 0 Å². The summed E-state index contributed by atoms with van der Waals surface area (Å²) in [4.78, 5) is 11.2. The number of rotatable bonds is 2. The molecule has 2 atom stereocenters. The van der Waals surface area contributed by atoms with E-state index in [-0.39, 0.29) is 12.2 Å². The fourth-order valence-corrected chi connectivity index (χ4v) is 1.19. The van der Waals surface area contributed by atoms with Gasteiger partial charge in [0.2, 0.25) is 5.91 Å². The van der Waals surface area contributed by atoms with Gasteiger partial charge in [-0.1, -0.05) is 0 Å². The van der Waals surface area contributed by atoms with Crippen molar-refractivity contribution in [3.63, 3.8) is 0 Å². The predicted octanol–water partition coefficient (Wildman–Crippen LogP) is -0.259. The van der Waals surface area contributed by atoms with Crippen molar-refractivity contribution in [1.82, 2.24) is 5.32 Å². The van der Waals surface area contributed by atoms with E-state index >= 15 is 0 Å². The topological polar surface area (TPSA) is 47.6 Å². The lowest BCUT2D eigenvalue weighted by molar-refractivity contribution is -0.281. The van der Waals surface area contributed by atoms with Crippen LogP contribution in [0.15, 0.2) is 0 Å². The van der Waals surface area contributed by atoms with Crippen molar-refractivity contribution in [1.29, 1.82) is 0 Å². The van der Waals surface area contributed by atoms with Crippen molar-refractivity contribution in [2.45, 2.75) is 13.2 Å². The SMILES string of the molecule is CNC(=O)C1(C)COC1OC. The van der Waals surface area contributed by atoms with Gasteiger partial charge in [-0.15, -0.1) is 0 Å². The van der Waals surface area contributed by atoms with Crippen LogP contribution in [-0.2, 0) is 14.3 Å². The molecule has 0 aromatic heterocycles. The summed E-state index contributed by atoms with van der Waals surface area (Å²) in [7, 11) is 3.14. The van der Waals surface area contributed by atoms with E-state index < -0.39 is 5.41 Å². The number of carbonyl (C=O) groups is 1. The van der Waals surface area contributed by atoms with Crippen LogP contribution in [0.1, 0.15) is 6.92 Å². The molecule has 0 bridgehead atoms. The van der Waals surface area contributed by atoms with Crippen molar-refractivity contribution in [2.24, 2.45) is 5.41 Å². The van der Waals surface area contributed by atoms with Crippen LogP contribution in [0, 0.1) is 5.41 Å². The minimum atomic E-state index is -0.497. The van der Waals surface area contributed by atoms with Crippen LogP contribution in [-0.4, -0.2) is 33.0 Å². The highest BCUT2D eigenvalue weighted by Crippen LogP contribution is 2.34. The second kappa shape index (κ2) is 2.79. The van der Waals surface area contributed by atoms with Gasteiger partial charge in [0.15, 0.2) is 6.29 Å². The number of ether oxygens (including phenoxy) is 2. The second-order valence-electron chi connectivity index (χ2n) is 2.88. The van der Waals surface area contributed by atoms with Crippen LogP contribution in [0.2, 0.25) is 0 Å². The molecule has 1 N–H and O–H groups in total. The van der Waals surface area contributed by atoms with Gasteiger partial charge in [-0.05, 0) is 6.92 Å². The highest BCUT2D eigenvalue weighted by molar-refractivity contribution is 5.83. The van der Waals surface area contributed by atoms with E-state index in [9.17, 15) is 4.79 Å². The van der Waals surface area contributed by atoms with Crippen LogP contribution < -0.4 is 5.32 Å². The zero-order valence-corrected chi connectivity index (χ0v) is 7.01. The number of methoxy groups -OCH3 is 1. The van der Waals surface area contributed by atoms with E-state index in [1.54, 1.807) is 7.05 Å². The Morgan fingerprint density at radius 2 is 2.45 bits per heavy atom. The Labute approximate surface area is 65.9 Å². The number of hydrogen-bond acceptors (Lipinski definition) is 3. The van der Waals surface area contributed by atoms with Crippen LogP contribution >= 0.6 is 0 Å². The van der Waals surface area contributed by atoms with Crippen LogP contribution in [0.3, 0.4) is 0 Å². The summed E-state index contributed by atoms with van der Waals surface area (Å²) in [5.74, 6) is -0.0319. The van der Waals surface area contributed by atoms with Crippen molar-refractivity contribution in [3.05, 3.63) is 0 Å². The number of amides is 1. The van der Waals surface area contributed by atoms with Crippen LogP contribution in [0.5, 0.6) is 0 Å². The average molecular weight is 159 g/mol. The van der Waals surface area contributed by atoms with Gasteiger partial charge in [-0.3, -0.25) is 4.79 Å². The molecule has 1 aliphatic rings. The molecule has 0 saturated carbocycles. The van der Waals surface area contributed by atoms with Crippen LogP contribution in [0.25, 0.3) is 0 Å². The second-order valence-corrected chi connectivity index (χ2v) is 2.88. The van der Waals surface area contributed by atoms with Gasteiger partial charge in [0.25, 0.3) is 0 Å². The van der Waals surface area contributed by atoms with E-state index in [0.29, 0.717) is 6.61 Å². The Morgan fingerprint density at radius 1 is 1.82 bits per heavy atom. The van der Waals surface area contributed by atoms with E-state index in [1.165, 1.54) is 7.11 Å². The molecule has 1 aliphatic heterocycles. The summed E-state index contributed by atoms with van der Waals surface area (Å²) in [6, 6.07) is 0. The first-order valence-corrected chi connectivity index (χ1v) is 3.51. The van der Waals surface area contributed by atoms with Gasteiger partial charge in [0.05, 0.1) is 6.61 Å². The molecule has 1 saturated heterocycles. The third kappa shape index (κ3) is 1.12. The lowest BCUT2D eigenvalue weighted by Crippen LogP contribution is -2.58. The molecule has 0 aliphatic carbocycles. The Morgan fingerprint density at radius 3 is 2.73 bits per heavy atom. The highest BCUT2D eigenvalue weighted by atomic mass is 16.7. The molecule has 1 amide bonds. The Balaban J connectivity index is 2.60. The molecule has 1 fully saturated rings. The maximum atomic E-state index is 11.2. The standard InChI is InChI=1S/C7H13NO3/c1-7(5(9)8-2)4-11-6(7)10-3/h6H,4H2,1-3H3,(H,8,9). The number of nitrogens with one attached hydrogen (secondary N) is 1. The molecule has 0 aromatic rings. The maximum Gasteiger partial charge on any atom is 0.233 e. The van der Waals surface area contributed by atoms with E-state index in [1.807, 2.05) is 6.92 Å². The Bertz CT molecular complexity index is 169. The predicted molar refractivity (Wildman–Crippen MR) is 38.9 cm³/mol. The van der Waals surface area contributed by atoms with E-state index in [4.69, 9.17) is 9.47 Å². The van der Waals surface area contributed by atoms with Crippen molar-refractivity contribution in [2.75, 3.05) is 20.8 Å². The molecule has 0 radical (unpaired) electrons. The lowest BCUT2D eigenvalue weighted by atomic mass is 9.85. The molecular weight excluding hydrogens is 146 g/mol. The molecule has 0 spiro atoms. The Kier molecular flexibility index (Phi) is 2.15. The molecule has 4 heteroatoms. The molecule has 64 valence electrons. The summed E-state index contributed by atoms with van der Waals surface area (Å²) < 4.78 is 9.98.